The topological polar surface area (TPSA) is 54.9 Å². The molecule has 2 rings (SSSR count). The second kappa shape index (κ2) is 6.42. The van der Waals surface area contributed by atoms with Crippen molar-refractivity contribution in [1.29, 1.82) is 0 Å². The Bertz CT molecular complexity index is 541. The Morgan fingerprint density at radius 2 is 1.95 bits per heavy atom. The van der Waals surface area contributed by atoms with Gasteiger partial charge in [0, 0.05) is 6.54 Å². The highest BCUT2D eigenvalue weighted by Gasteiger charge is 2.16. The van der Waals surface area contributed by atoms with Crippen LogP contribution >= 0.6 is 11.6 Å². The Kier molecular flexibility index (Phi) is 4.86. The molecule has 106 valence electrons. The Labute approximate surface area is 117 Å². The molecule has 1 saturated carbocycles. The lowest BCUT2D eigenvalue weighted by atomic mass is 9.87. The summed E-state index contributed by atoms with van der Waals surface area (Å²) >= 11 is 5.89. The van der Waals surface area contributed by atoms with Crippen LogP contribution in [0.3, 0.4) is 0 Å². The van der Waals surface area contributed by atoms with Crippen LogP contribution in [0.2, 0.25) is 5.15 Å². The smallest absolute Gasteiger partial charge is 0.297 e. The first-order valence-electron chi connectivity index (χ1n) is 7.15. The van der Waals surface area contributed by atoms with Crippen molar-refractivity contribution in [3.8, 4) is 0 Å². The van der Waals surface area contributed by atoms with Crippen molar-refractivity contribution in [2.24, 2.45) is 5.92 Å². The van der Waals surface area contributed by atoms with Gasteiger partial charge in [-0.2, -0.15) is 0 Å². The number of aromatic amines is 1. The van der Waals surface area contributed by atoms with Gasteiger partial charge in [0.15, 0.2) is 0 Å². The maximum absolute atomic E-state index is 12.2. The van der Waals surface area contributed by atoms with Crippen molar-refractivity contribution >= 4 is 11.6 Å². The first-order chi connectivity index (χ1) is 9.13. The van der Waals surface area contributed by atoms with Gasteiger partial charge in [-0.3, -0.25) is 14.3 Å². The van der Waals surface area contributed by atoms with E-state index in [0.29, 0.717) is 24.4 Å². The lowest BCUT2D eigenvalue weighted by molar-refractivity contribution is 0.320. The number of H-pyrrole nitrogens is 1. The summed E-state index contributed by atoms with van der Waals surface area (Å²) in [5.74, 6) is 0.654. The normalized spacial score (nSPS) is 16.7. The van der Waals surface area contributed by atoms with E-state index in [1.807, 2.05) is 6.92 Å². The van der Waals surface area contributed by atoms with Crippen molar-refractivity contribution in [1.82, 2.24) is 9.55 Å². The lowest BCUT2D eigenvalue weighted by Crippen LogP contribution is -2.37. The minimum Gasteiger partial charge on any atom is -0.297 e. The molecule has 1 N–H and O–H groups in total. The fourth-order valence-electron chi connectivity index (χ4n) is 2.88. The van der Waals surface area contributed by atoms with Crippen LogP contribution in [0.5, 0.6) is 0 Å². The number of hydrogen-bond acceptors (Lipinski definition) is 2. The molecular weight excluding hydrogens is 264 g/mol. The van der Waals surface area contributed by atoms with Gasteiger partial charge >= 0.3 is 5.69 Å². The van der Waals surface area contributed by atoms with Crippen LogP contribution in [0.1, 0.15) is 51.0 Å². The number of rotatable bonds is 4. The summed E-state index contributed by atoms with van der Waals surface area (Å²) in [5.41, 5.74) is -0.111. The number of nitrogens with zero attached hydrogens (tertiary/aromatic N) is 1. The fourth-order valence-corrected chi connectivity index (χ4v) is 3.18. The summed E-state index contributed by atoms with van der Waals surface area (Å²) in [4.78, 5) is 26.6. The number of aromatic nitrogens is 2. The molecule has 19 heavy (non-hydrogen) atoms. The van der Waals surface area contributed by atoms with Gasteiger partial charge in [-0.15, -0.1) is 0 Å². The largest absolute Gasteiger partial charge is 0.329 e. The van der Waals surface area contributed by atoms with E-state index in [-0.39, 0.29) is 16.4 Å². The van der Waals surface area contributed by atoms with Crippen molar-refractivity contribution < 1.29 is 0 Å². The predicted octanol–water partition coefficient (Wildman–Crippen LogP) is 2.72. The van der Waals surface area contributed by atoms with E-state index < -0.39 is 0 Å². The molecule has 0 radical (unpaired) electrons. The van der Waals surface area contributed by atoms with E-state index >= 15 is 0 Å². The van der Waals surface area contributed by atoms with E-state index in [4.69, 9.17) is 11.6 Å². The molecule has 1 fully saturated rings. The number of hydrogen-bond donors (Lipinski definition) is 1. The van der Waals surface area contributed by atoms with Gasteiger partial charge in [0.05, 0.1) is 5.56 Å². The summed E-state index contributed by atoms with van der Waals surface area (Å²) in [5, 5.41) is 0.186. The summed E-state index contributed by atoms with van der Waals surface area (Å²) in [6.07, 6.45) is 7.76. The zero-order chi connectivity index (χ0) is 13.8. The Balaban J connectivity index is 2.15. The highest BCUT2D eigenvalue weighted by Crippen LogP contribution is 2.26. The van der Waals surface area contributed by atoms with Gasteiger partial charge in [-0.25, -0.2) is 4.79 Å². The van der Waals surface area contributed by atoms with Crippen molar-refractivity contribution in [2.75, 3.05) is 0 Å². The molecule has 0 aliphatic heterocycles. The first kappa shape index (κ1) is 14.4. The van der Waals surface area contributed by atoms with Crippen molar-refractivity contribution in [2.45, 2.75) is 58.4 Å². The molecule has 0 amide bonds. The average molecular weight is 285 g/mol. The zero-order valence-electron chi connectivity index (χ0n) is 11.4. The molecule has 0 saturated heterocycles. The second-order valence-corrected chi connectivity index (χ2v) is 5.70. The van der Waals surface area contributed by atoms with Gasteiger partial charge in [0.25, 0.3) is 5.56 Å². The molecule has 1 aliphatic carbocycles. The van der Waals surface area contributed by atoms with Crippen LogP contribution in [-0.2, 0) is 13.0 Å². The molecule has 0 aromatic carbocycles. The van der Waals surface area contributed by atoms with E-state index in [0.717, 1.165) is 6.42 Å². The molecule has 1 aliphatic rings. The minimum absolute atomic E-state index is 0.186. The summed E-state index contributed by atoms with van der Waals surface area (Å²) < 4.78 is 1.30. The fraction of sp³-hybridized carbons (Fsp3) is 0.714. The van der Waals surface area contributed by atoms with Crippen molar-refractivity contribution in [3.63, 3.8) is 0 Å². The first-order valence-corrected chi connectivity index (χ1v) is 7.52. The minimum atomic E-state index is -0.386. The van der Waals surface area contributed by atoms with Gasteiger partial charge in [0.2, 0.25) is 0 Å². The number of nitrogens with one attached hydrogen (secondary N) is 1. The third-order valence-electron chi connectivity index (χ3n) is 4.07. The van der Waals surface area contributed by atoms with Crippen LogP contribution in [0, 0.1) is 5.92 Å². The summed E-state index contributed by atoms with van der Waals surface area (Å²) in [6, 6.07) is 0. The predicted molar refractivity (Wildman–Crippen MR) is 76.9 cm³/mol. The monoisotopic (exact) mass is 284 g/mol. The molecule has 0 spiro atoms. The molecule has 0 atom stereocenters. The average Bonchev–Trinajstić information content (AvgIpc) is 2.39. The third-order valence-corrected chi connectivity index (χ3v) is 4.39. The summed E-state index contributed by atoms with van der Waals surface area (Å²) in [6.45, 7) is 2.37. The SMILES string of the molecule is CCc1c(Cl)[nH]c(=O)n(CCC2CCCCC2)c1=O. The van der Waals surface area contributed by atoms with E-state index in [1.54, 1.807) is 0 Å². The Hall–Kier alpha value is -1.03. The van der Waals surface area contributed by atoms with Gasteiger partial charge in [0.1, 0.15) is 5.15 Å². The highest BCUT2D eigenvalue weighted by atomic mass is 35.5. The molecule has 5 heteroatoms. The quantitative estimate of drug-likeness (QED) is 0.865. The zero-order valence-corrected chi connectivity index (χ0v) is 12.1. The third kappa shape index (κ3) is 3.30. The molecular formula is C14H21ClN2O2. The van der Waals surface area contributed by atoms with Crippen LogP contribution in [0.25, 0.3) is 0 Å². The van der Waals surface area contributed by atoms with E-state index in [9.17, 15) is 9.59 Å². The maximum atomic E-state index is 12.2. The molecule has 1 aromatic rings. The molecule has 0 unspecified atom stereocenters. The molecule has 1 heterocycles. The Morgan fingerprint density at radius 1 is 1.26 bits per heavy atom. The van der Waals surface area contributed by atoms with Crippen LogP contribution in [-0.4, -0.2) is 9.55 Å². The maximum Gasteiger partial charge on any atom is 0.329 e. The van der Waals surface area contributed by atoms with Crippen LogP contribution in [0.4, 0.5) is 0 Å². The van der Waals surface area contributed by atoms with Gasteiger partial charge in [-0.05, 0) is 18.8 Å². The van der Waals surface area contributed by atoms with Gasteiger partial charge in [-0.1, -0.05) is 50.6 Å². The highest BCUT2D eigenvalue weighted by molar-refractivity contribution is 6.30. The van der Waals surface area contributed by atoms with E-state index in [2.05, 4.69) is 4.98 Å². The molecule has 1 aromatic heterocycles. The van der Waals surface area contributed by atoms with E-state index in [1.165, 1.54) is 36.7 Å². The molecule has 4 nitrogen and oxygen atoms in total. The summed E-state index contributed by atoms with van der Waals surface area (Å²) in [7, 11) is 0. The number of halogens is 1. The lowest BCUT2D eigenvalue weighted by Gasteiger charge is -2.21. The standard InChI is InChI=1S/C14H21ClN2O2/c1-2-11-12(15)16-14(19)17(13(11)18)9-8-10-6-4-3-5-7-10/h10H,2-9H2,1H3,(H,16,19). The van der Waals surface area contributed by atoms with Gasteiger partial charge < -0.3 is 0 Å². The molecule has 0 bridgehead atoms. The van der Waals surface area contributed by atoms with Crippen LogP contribution < -0.4 is 11.2 Å². The van der Waals surface area contributed by atoms with Crippen LogP contribution in [0.15, 0.2) is 9.59 Å². The second-order valence-electron chi connectivity index (χ2n) is 5.33. The Morgan fingerprint density at radius 3 is 2.58 bits per heavy atom. The van der Waals surface area contributed by atoms with Crippen molar-refractivity contribution in [3.05, 3.63) is 31.6 Å².